The van der Waals surface area contributed by atoms with E-state index in [-0.39, 0.29) is 17.3 Å². The Kier molecular flexibility index (Phi) is 3.64. The number of nitrogens with zero attached hydrogens (tertiary/aromatic N) is 2. The molecule has 3 heterocycles. The Hall–Kier alpha value is -3.44. The molecule has 4 rings (SSSR count). The van der Waals surface area contributed by atoms with Crippen molar-refractivity contribution in [2.24, 2.45) is 5.92 Å². The van der Waals surface area contributed by atoms with E-state index in [0.717, 1.165) is 6.07 Å². The van der Waals surface area contributed by atoms with Crippen LogP contribution in [-0.4, -0.2) is 23.5 Å². The van der Waals surface area contributed by atoms with Gasteiger partial charge in [-0.05, 0) is 13.0 Å². The van der Waals surface area contributed by atoms with Gasteiger partial charge < -0.3 is 19.2 Å². The summed E-state index contributed by atoms with van der Waals surface area (Å²) >= 11 is 0. The fourth-order valence-electron chi connectivity index (χ4n) is 3.91. The van der Waals surface area contributed by atoms with E-state index < -0.39 is 35.2 Å². The minimum absolute atomic E-state index is 0.0490. The number of aliphatic hydroxyl groups excluding tert-OH is 1. The molecule has 1 aromatic carbocycles. The molecule has 1 aromatic heterocycles. The summed E-state index contributed by atoms with van der Waals surface area (Å²) in [5, 5.41) is 27.4. The van der Waals surface area contributed by atoms with E-state index >= 15 is 0 Å². The van der Waals surface area contributed by atoms with Gasteiger partial charge in [0.1, 0.15) is 18.3 Å². The Balaban J connectivity index is 2.18. The van der Waals surface area contributed by atoms with Crippen LogP contribution in [0.25, 0.3) is 0 Å². The quantitative estimate of drug-likeness (QED) is 0.825. The van der Waals surface area contributed by atoms with Gasteiger partial charge in [0.2, 0.25) is 23.0 Å². The molecule has 2 aliphatic rings. The van der Waals surface area contributed by atoms with Crippen LogP contribution in [0.2, 0.25) is 0 Å². The molecule has 8 heteroatoms. The van der Waals surface area contributed by atoms with Crippen molar-refractivity contribution in [3.8, 4) is 11.8 Å². The van der Waals surface area contributed by atoms with Crippen LogP contribution >= 0.6 is 0 Å². The number of benzene rings is 1. The van der Waals surface area contributed by atoms with Gasteiger partial charge in [-0.25, -0.2) is 0 Å². The predicted octanol–water partition coefficient (Wildman–Crippen LogP) is 1.29. The number of rotatable bonds is 2. The molecule has 136 valence electrons. The van der Waals surface area contributed by atoms with Crippen LogP contribution < -0.4 is 15.1 Å². The fourth-order valence-corrected chi connectivity index (χ4v) is 3.91. The van der Waals surface area contributed by atoms with E-state index in [1.165, 1.54) is 4.90 Å². The number of likely N-dealkylation sites (N-methyl/N-ethyl adjacent to an activating group) is 1. The molecule has 1 spiro atoms. The number of hydrogen-bond acceptors (Lipinski definition) is 7. The topological polar surface area (TPSA) is 128 Å². The summed E-state index contributed by atoms with van der Waals surface area (Å²) in [4.78, 5) is 27.5. The van der Waals surface area contributed by atoms with Gasteiger partial charge in [0.25, 0.3) is 0 Å². The van der Waals surface area contributed by atoms with Crippen molar-refractivity contribution in [1.29, 1.82) is 10.7 Å². The summed E-state index contributed by atoms with van der Waals surface area (Å²) in [5.74, 6) is -2.76. The van der Waals surface area contributed by atoms with E-state index in [2.05, 4.69) is 0 Å². The Labute approximate surface area is 153 Å². The molecule has 0 saturated heterocycles. The second-order valence-corrected chi connectivity index (χ2v) is 6.30. The predicted molar refractivity (Wildman–Crippen MR) is 93.6 cm³/mol. The van der Waals surface area contributed by atoms with Gasteiger partial charge in [0.05, 0.1) is 6.07 Å². The fraction of sp³-hybridized carbons (Fsp3) is 0.263. The average molecular weight is 365 g/mol. The molecule has 0 saturated carbocycles. The SMILES string of the molecule is CCN1C(=O)C2(c3ccccc31)c1oc(CO)cc(=O)c1OC(=N)C2C#N. The van der Waals surface area contributed by atoms with Crippen molar-refractivity contribution < 1.29 is 19.1 Å². The third kappa shape index (κ3) is 1.97. The maximum Gasteiger partial charge on any atom is 0.247 e. The molecular formula is C19H15N3O5. The van der Waals surface area contributed by atoms with E-state index in [9.17, 15) is 20.0 Å². The maximum atomic E-state index is 13.6. The first-order valence-electron chi connectivity index (χ1n) is 8.36. The highest BCUT2D eigenvalue weighted by atomic mass is 16.5. The highest BCUT2D eigenvalue weighted by molar-refractivity contribution is 6.14. The van der Waals surface area contributed by atoms with Gasteiger partial charge in [-0.3, -0.25) is 15.0 Å². The van der Waals surface area contributed by atoms with Gasteiger partial charge in [-0.1, -0.05) is 18.2 Å². The molecule has 2 aromatic rings. The number of anilines is 1. The van der Waals surface area contributed by atoms with E-state index in [1.54, 1.807) is 31.2 Å². The number of aliphatic hydroxyl groups is 1. The highest BCUT2D eigenvalue weighted by Crippen LogP contribution is 2.54. The number of nitriles is 1. The second-order valence-electron chi connectivity index (χ2n) is 6.30. The van der Waals surface area contributed by atoms with Gasteiger partial charge in [-0.2, -0.15) is 5.26 Å². The van der Waals surface area contributed by atoms with Gasteiger partial charge >= 0.3 is 0 Å². The lowest BCUT2D eigenvalue weighted by Gasteiger charge is -2.36. The number of fused-ring (bicyclic) bond motifs is 4. The van der Waals surface area contributed by atoms with Crippen LogP contribution in [0.1, 0.15) is 24.0 Å². The summed E-state index contributed by atoms with van der Waals surface area (Å²) in [6.07, 6.45) is 0. The maximum absolute atomic E-state index is 13.6. The molecule has 1 amide bonds. The van der Waals surface area contributed by atoms with Crippen LogP contribution in [-0.2, 0) is 16.8 Å². The van der Waals surface area contributed by atoms with Crippen molar-refractivity contribution in [1.82, 2.24) is 0 Å². The molecule has 2 unspecified atom stereocenters. The molecule has 0 radical (unpaired) electrons. The van der Waals surface area contributed by atoms with Crippen LogP contribution in [0.4, 0.5) is 5.69 Å². The first-order valence-corrected chi connectivity index (χ1v) is 8.36. The minimum Gasteiger partial charge on any atom is -0.458 e. The Morgan fingerprint density at radius 3 is 2.78 bits per heavy atom. The minimum atomic E-state index is -1.71. The Morgan fingerprint density at radius 1 is 1.37 bits per heavy atom. The summed E-state index contributed by atoms with van der Waals surface area (Å²) in [5.41, 5.74) is -1.28. The monoisotopic (exact) mass is 365 g/mol. The average Bonchev–Trinajstić information content (AvgIpc) is 2.92. The van der Waals surface area contributed by atoms with Gasteiger partial charge in [0, 0.05) is 23.9 Å². The first kappa shape index (κ1) is 17.0. The van der Waals surface area contributed by atoms with Gasteiger partial charge in [0.15, 0.2) is 11.2 Å². The number of carbonyl (C=O) groups is 1. The van der Waals surface area contributed by atoms with E-state index in [1.807, 2.05) is 6.07 Å². The van der Waals surface area contributed by atoms with Crippen molar-refractivity contribution in [2.45, 2.75) is 18.9 Å². The molecule has 0 fully saturated rings. The highest BCUT2D eigenvalue weighted by Gasteiger charge is 2.64. The molecule has 0 bridgehead atoms. The van der Waals surface area contributed by atoms with E-state index in [0.29, 0.717) is 17.8 Å². The van der Waals surface area contributed by atoms with Gasteiger partial charge in [-0.15, -0.1) is 0 Å². The van der Waals surface area contributed by atoms with Crippen LogP contribution in [0.15, 0.2) is 39.5 Å². The largest absolute Gasteiger partial charge is 0.458 e. The molecular weight excluding hydrogens is 350 g/mol. The van der Waals surface area contributed by atoms with Crippen molar-refractivity contribution in [2.75, 3.05) is 11.4 Å². The number of nitrogens with one attached hydrogen (secondary N) is 1. The number of hydrogen-bond donors (Lipinski definition) is 2. The summed E-state index contributed by atoms with van der Waals surface area (Å²) < 4.78 is 11.0. The third-order valence-corrected chi connectivity index (χ3v) is 5.02. The number of carbonyl (C=O) groups excluding carboxylic acids is 1. The third-order valence-electron chi connectivity index (χ3n) is 5.02. The normalized spacial score (nSPS) is 23.0. The number of amides is 1. The van der Waals surface area contributed by atoms with Crippen molar-refractivity contribution in [3.05, 3.63) is 57.6 Å². The zero-order chi connectivity index (χ0) is 19.3. The Morgan fingerprint density at radius 2 is 2.11 bits per heavy atom. The summed E-state index contributed by atoms with van der Waals surface area (Å²) in [6, 6.07) is 9.94. The number of para-hydroxylation sites is 1. The molecule has 27 heavy (non-hydrogen) atoms. The molecule has 2 atom stereocenters. The molecule has 8 nitrogen and oxygen atoms in total. The molecule has 2 aliphatic heterocycles. The van der Waals surface area contributed by atoms with Crippen LogP contribution in [0.5, 0.6) is 5.75 Å². The lowest BCUT2D eigenvalue weighted by Crippen LogP contribution is -2.53. The molecule has 2 N–H and O–H groups in total. The zero-order valence-electron chi connectivity index (χ0n) is 14.4. The Bertz CT molecular complexity index is 1080. The number of ether oxygens (including phenoxy) is 1. The smallest absolute Gasteiger partial charge is 0.247 e. The van der Waals surface area contributed by atoms with E-state index in [4.69, 9.17) is 14.6 Å². The lowest BCUT2D eigenvalue weighted by molar-refractivity contribution is -0.123. The standard InChI is InChI=1S/C19H15N3O5/c1-2-22-13-6-4-3-5-11(13)19(18(22)25)12(8-20)17(21)27-15-14(24)7-10(9-23)26-16(15)19/h3-7,12,21,23H,2,9H2,1H3. The second kappa shape index (κ2) is 5.79. The van der Waals surface area contributed by atoms with Crippen LogP contribution in [0.3, 0.4) is 0 Å². The summed E-state index contributed by atoms with van der Waals surface area (Å²) in [7, 11) is 0. The van der Waals surface area contributed by atoms with Crippen LogP contribution in [0, 0.1) is 22.7 Å². The first-order chi connectivity index (χ1) is 13.0. The van der Waals surface area contributed by atoms with Crippen molar-refractivity contribution >= 4 is 17.5 Å². The lowest BCUT2D eigenvalue weighted by atomic mass is 9.67. The summed E-state index contributed by atoms with van der Waals surface area (Å²) in [6.45, 7) is 1.57. The molecule has 0 aliphatic carbocycles. The van der Waals surface area contributed by atoms with Crippen molar-refractivity contribution in [3.63, 3.8) is 0 Å². The zero-order valence-corrected chi connectivity index (χ0v) is 14.4.